The first-order valence-corrected chi connectivity index (χ1v) is 17.4. The normalized spacial score (nSPS) is 10.8. The SMILES string of the molecule is CC.CCCN(Cc1cc(CC(C)NC(=O)c2c(C)cccc2Cl)on1)C(=O)Cc1ccc(NC(=O)Nc2ccccc2C)cc1.CCOC. The molecule has 0 fully saturated rings. The number of carbonyl (C=O) groups excluding carboxylic acids is 3. The standard InChI is InChI=1S/C34H38ClN5O4.C3H8O.C2H6/c1-5-17-40(21-27-20-28(44-39-27)18-24(4)36-33(42)32-23(3)10-8-11-29(32)35)31(41)19-25-13-15-26(16-14-25)37-34(43)38-30-12-7-6-9-22(30)2;1-3-4-2;1-2/h6-16,20,24H,5,17-19,21H2,1-4H3,(H,36,42)(H2,37,38,43);3H2,1-2H3;1-2H3. The van der Waals surface area contributed by atoms with Gasteiger partial charge in [-0.2, -0.15) is 0 Å². The zero-order chi connectivity index (χ0) is 37.1. The highest BCUT2D eigenvalue weighted by molar-refractivity contribution is 6.34. The lowest BCUT2D eigenvalue weighted by atomic mass is 10.1. The lowest BCUT2D eigenvalue weighted by Gasteiger charge is -2.21. The second kappa shape index (κ2) is 22.1. The molecular weight excluding hydrogens is 654 g/mol. The summed E-state index contributed by atoms with van der Waals surface area (Å²) in [4.78, 5) is 40.2. The molecule has 1 aromatic heterocycles. The molecule has 0 saturated heterocycles. The molecule has 4 aromatic rings. The van der Waals surface area contributed by atoms with Gasteiger partial charge in [-0.25, -0.2) is 4.79 Å². The molecule has 11 heteroatoms. The summed E-state index contributed by atoms with van der Waals surface area (Å²) in [6.45, 7) is 15.3. The van der Waals surface area contributed by atoms with Crippen LogP contribution in [0, 0.1) is 13.8 Å². The summed E-state index contributed by atoms with van der Waals surface area (Å²) in [6, 6.07) is 21.4. The number of nitrogens with one attached hydrogen (secondary N) is 3. The molecule has 0 aliphatic rings. The molecule has 4 rings (SSSR count). The lowest BCUT2D eigenvalue weighted by Crippen LogP contribution is -2.34. The number of methoxy groups -OCH3 is 1. The van der Waals surface area contributed by atoms with Crippen LogP contribution >= 0.6 is 11.6 Å². The molecule has 0 bridgehead atoms. The van der Waals surface area contributed by atoms with Gasteiger partial charge >= 0.3 is 6.03 Å². The van der Waals surface area contributed by atoms with Crippen molar-refractivity contribution in [2.45, 2.75) is 80.3 Å². The van der Waals surface area contributed by atoms with Crippen molar-refractivity contribution in [1.82, 2.24) is 15.4 Å². The van der Waals surface area contributed by atoms with E-state index >= 15 is 0 Å². The van der Waals surface area contributed by atoms with Crippen molar-refractivity contribution in [3.05, 3.63) is 112 Å². The van der Waals surface area contributed by atoms with Crippen molar-refractivity contribution >= 4 is 40.8 Å². The molecule has 3 aromatic carbocycles. The molecule has 270 valence electrons. The molecule has 1 atom stereocenters. The third-order valence-corrected chi connectivity index (χ3v) is 7.70. The third kappa shape index (κ3) is 13.7. The van der Waals surface area contributed by atoms with Crippen molar-refractivity contribution in [2.75, 3.05) is 30.9 Å². The van der Waals surface area contributed by atoms with Crippen LogP contribution in [0.25, 0.3) is 0 Å². The topological polar surface area (TPSA) is 126 Å². The highest BCUT2D eigenvalue weighted by Gasteiger charge is 2.19. The monoisotopic (exact) mass is 705 g/mol. The van der Waals surface area contributed by atoms with E-state index < -0.39 is 0 Å². The van der Waals surface area contributed by atoms with Crippen molar-refractivity contribution in [3.63, 3.8) is 0 Å². The molecule has 10 nitrogen and oxygen atoms in total. The summed E-state index contributed by atoms with van der Waals surface area (Å²) in [5.41, 5.74) is 5.08. The molecule has 0 spiro atoms. The van der Waals surface area contributed by atoms with Crippen molar-refractivity contribution in [1.29, 1.82) is 0 Å². The average molecular weight is 706 g/mol. The minimum absolute atomic E-state index is 0.0369. The van der Waals surface area contributed by atoms with E-state index in [0.717, 1.165) is 35.4 Å². The van der Waals surface area contributed by atoms with Crippen LogP contribution in [0.4, 0.5) is 16.2 Å². The molecule has 1 heterocycles. The Morgan fingerprint density at radius 2 is 1.60 bits per heavy atom. The molecule has 0 aliphatic carbocycles. The number of rotatable bonds is 13. The predicted molar refractivity (Wildman–Crippen MR) is 202 cm³/mol. The van der Waals surface area contributed by atoms with Crippen molar-refractivity contribution < 1.29 is 23.6 Å². The summed E-state index contributed by atoms with van der Waals surface area (Å²) >= 11 is 6.24. The maximum atomic E-state index is 13.2. The van der Waals surface area contributed by atoms with E-state index in [-0.39, 0.29) is 30.3 Å². The molecule has 0 radical (unpaired) electrons. The molecule has 50 heavy (non-hydrogen) atoms. The highest BCUT2D eigenvalue weighted by Crippen LogP contribution is 2.20. The number of carbonyl (C=O) groups is 3. The van der Waals surface area contributed by atoms with E-state index in [4.69, 9.17) is 16.1 Å². The van der Waals surface area contributed by atoms with Gasteiger partial charge in [0.05, 0.1) is 23.6 Å². The predicted octanol–water partition coefficient (Wildman–Crippen LogP) is 8.61. The number of hydrogen-bond acceptors (Lipinski definition) is 6. The van der Waals surface area contributed by atoms with Gasteiger partial charge in [0.2, 0.25) is 5.91 Å². The number of aromatic nitrogens is 1. The van der Waals surface area contributed by atoms with Crippen LogP contribution in [0.5, 0.6) is 0 Å². The molecule has 0 aliphatic heterocycles. The first kappa shape index (κ1) is 41.5. The van der Waals surface area contributed by atoms with Gasteiger partial charge in [0, 0.05) is 50.2 Å². The maximum absolute atomic E-state index is 13.2. The molecule has 0 saturated carbocycles. The minimum atomic E-state index is -0.336. The molecule has 1 unspecified atom stereocenters. The number of halogens is 1. The second-order valence-electron chi connectivity index (χ2n) is 11.5. The number of anilines is 2. The lowest BCUT2D eigenvalue weighted by molar-refractivity contribution is -0.131. The zero-order valence-corrected chi connectivity index (χ0v) is 31.3. The highest BCUT2D eigenvalue weighted by atomic mass is 35.5. The van der Waals surface area contributed by atoms with Crippen molar-refractivity contribution in [3.8, 4) is 0 Å². The number of aryl methyl sites for hydroxylation is 2. The first-order valence-electron chi connectivity index (χ1n) is 17.0. The van der Waals surface area contributed by atoms with Crippen LogP contribution in [0.3, 0.4) is 0 Å². The Balaban J connectivity index is 0.00000135. The van der Waals surface area contributed by atoms with Gasteiger partial charge in [0.25, 0.3) is 5.91 Å². The molecule has 3 N–H and O–H groups in total. The van der Waals surface area contributed by atoms with Gasteiger partial charge in [-0.05, 0) is 75.1 Å². The number of ether oxygens (including phenoxy) is 1. The number of para-hydroxylation sites is 1. The first-order chi connectivity index (χ1) is 24.0. The van der Waals surface area contributed by atoms with Gasteiger partial charge < -0.3 is 30.1 Å². The third-order valence-electron chi connectivity index (χ3n) is 7.39. The van der Waals surface area contributed by atoms with Crippen LogP contribution < -0.4 is 16.0 Å². The van der Waals surface area contributed by atoms with Crippen LogP contribution in [0.1, 0.15) is 79.5 Å². The summed E-state index contributed by atoms with van der Waals surface area (Å²) in [6.07, 6.45) is 1.44. The Labute approximate surface area is 301 Å². The number of amides is 4. The van der Waals surface area contributed by atoms with E-state index in [0.29, 0.717) is 47.2 Å². The largest absolute Gasteiger partial charge is 0.385 e. The van der Waals surface area contributed by atoms with E-state index in [1.165, 1.54) is 0 Å². The zero-order valence-electron chi connectivity index (χ0n) is 30.6. The second-order valence-corrected chi connectivity index (χ2v) is 11.9. The molecular formula is C39H52ClN5O5. The fraction of sp³-hybridized carbons (Fsp3) is 0.385. The van der Waals surface area contributed by atoms with E-state index in [1.807, 2.05) is 103 Å². The number of nitrogens with zero attached hydrogens (tertiary/aromatic N) is 2. The number of urea groups is 1. The smallest absolute Gasteiger partial charge is 0.323 e. The Bertz CT molecular complexity index is 1620. The number of benzene rings is 3. The minimum Gasteiger partial charge on any atom is -0.385 e. The van der Waals surface area contributed by atoms with E-state index in [9.17, 15) is 14.4 Å². The van der Waals surface area contributed by atoms with E-state index in [2.05, 4.69) is 25.8 Å². The van der Waals surface area contributed by atoms with Gasteiger partial charge in [-0.15, -0.1) is 0 Å². The van der Waals surface area contributed by atoms with Crippen molar-refractivity contribution in [2.24, 2.45) is 0 Å². The molecule has 4 amide bonds. The van der Waals surface area contributed by atoms with E-state index in [1.54, 1.807) is 30.2 Å². The Kier molecular flexibility index (Phi) is 18.4. The summed E-state index contributed by atoms with van der Waals surface area (Å²) in [5.74, 6) is 0.335. The quantitative estimate of drug-likeness (QED) is 0.128. The Hall–Kier alpha value is -4.67. The summed E-state index contributed by atoms with van der Waals surface area (Å²) < 4.78 is 10.1. The Morgan fingerprint density at radius 1 is 0.940 bits per heavy atom. The fourth-order valence-electron chi connectivity index (χ4n) is 4.84. The van der Waals surface area contributed by atoms with Gasteiger partial charge in [-0.1, -0.05) is 80.0 Å². The van der Waals surface area contributed by atoms with Gasteiger partial charge in [0.1, 0.15) is 11.5 Å². The summed E-state index contributed by atoms with van der Waals surface area (Å²) in [5, 5.41) is 13.2. The van der Waals surface area contributed by atoms with Crippen LogP contribution in [-0.4, -0.2) is 54.2 Å². The average Bonchev–Trinajstić information content (AvgIpc) is 3.53. The van der Waals surface area contributed by atoms with Crippen LogP contribution in [0.15, 0.2) is 77.3 Å². The number of hydrogen-bond donors (Lipinski definition) is 3. The van der Waals surface area contributed by atoms with Crippen LogP contribution in [-0.2, 0) is 28.9 Å². The fourth-order valence-corrected chi connectivity index (χ4v) is 5.15. The van der Waals surface area contributed by atoms with Gasteiger partial charge in [0.15, 0.2) is 0 Å². The van der Waals surface area contributed by atoms with Gasteiger partial charge in [-0.3, -0.25) is 9.59 Å². The summed E-state index contributed by atoms with van der Waals surface area (Å²) in [7, 11) is 1.68. The Morgan fingerprint density at radius 3 is 2.22 bits per heavy atom. The van der Waals surface area contributed by atoms with Crippen LogP contribution in [0.2, 0.25) is 5.02 Å². The maximum Gasteiger partial charge on any atom is 0.323 e.